The van der Waals surface area contributed by atoms with E-state index in [9.17, 15) is 0 Å². The first-order valence-corrected chi connectivity index (χ1v) is 7.36. The van der Waals surface area contributed by atoms with E-state index >= 15 is 0 Å². The number of H-pyrrole nitrogens is 1. The minimum atomic E-state index is 0.511. The molecule has 0 saturated heterocycles. The van der Waals surface area contributed by atoms with Crippen molar-refractivity contribution < 1.29 is 0 Å². The highest BCUT2D eigenvalue weighted by atomic mass is 32.1. The fourth-order valence-electron chi connectivity index (χ4n) is 2.63. The van der Waals surface area contributed by atoms with Crippen molar-refractivity contribution in [3.8, 4) is 11.3 Å². The molecule has 0 aliphatic carbocycles. The van der Waals surface area contributed by atoms with Crippen LogP contribution in [0.2, 0.25) is 0 Å². The van der Waals surface area contributed by atoms with Gasteiger partial charge in [-0.25, -0.2) is 9.83 Å². The maximum atomic E-state index is 7.60. The number of hydrogen-bond donors (Lipinski definition) is 2. The summed E-state index contributed by atoms with van der Waals surface area (Å²) in [5.74, 6) is 0. The summed E-state index contributed by atoms with van der Waals surface area (Å²) in [5.41, 5.74) is 4.05. The molecule has 3 aromatic rings. The summed E-state index contributed by atoms with van der Waals surface area (Å²) in [4.78, 5) is 11.0. The molecule has 0 atom stereocenters. The first-order chi connectivity index (χ1) is 10.8. The highest BCUT2D eigenvalue weighted by Crippen LogP contribution is 2.39. The monoisotopic (exact) mass is 309 g/mol. The van der Waals surface area contributed by atoms with Crippen molar-refractivity contribution in [2.45, 2.75) is 6.54 Å². The third-order valence-corrected chi connectivity index (χ3v) is 3.87. The lowest BCUT2D eigenvalue weighted by atomic mass is 10.1. The van der Waals surface area contributed by atoms with E-state index in [-0.39, 0.29) is 0 Å². The quantitative estimate of drug-likeness (QED) is 0.572. The van der Waals surface area contributed by atoms with Crippen molar-refractivity contribution in [2.75, 3.05) is 13.6 Å². The standard InChI is InChI=1S/C16H15N5S/c1-17-8-9-21-14(11-6-4-3-5-7-11)12(18-2)13-15(21)16(22)20-10-19-13/h3-7,10,17H,8-9H2,1H3,(H,19,20,22). The molecule has 1 aromatic carbocycles. The molecule has 0 amide bonds. The molecule has 0 aliphatic rings. The molecule has 110 valence electrons. The Bertz CT molecular complexity index is 902. The molecule has 6 heteroatoms. The van der Waals surface area contributed by atoms with Crippen molar-refractivity contribution in [2.24, 2.45) is 0 Å². The SMILES string of the molecule is [C-]#[N+]c1c(-c2ccccc2)n(CCNC)c2c(=S)nc[nH]c12. The highest BCUT2D eigenvalue weighted by molar-refractivity contribution is 7.71. The molecule has 2 heterocycles. The van der Waals surface area contributed by atoms with Crippen molar-refractivity contribution in [1.29, 1.82) is 0 Å². The van der Waals surface area contributed by atoms with Gasteiger partial charge in [0.1, 0.15) is 0 Å². The molecule has 0 unspecified atom stereocenters. The number of nitrogens with zero attached hydrogens (tertiary/aromatic N) is 3. The molecule has 0 fully saturated rings. The van der Waals surface area contributed by atoms with Gasteiger partial charge in [0.15, 0.2) is 4.64 Å². The molecule has 0 saturated carbocycles. The van der Waals surface area contributed by atoms with E-state index in [0.29, 0.717) is 10.3 Å². The van der Waals surface area contributed by atoms with Crippen LogP contribution in [-0.2, 0) is 6.54 Å². The van der Waals surface area contributed by atoms with Crippen LogP contribution in [-0.4, -0.2) is 28.1 Å². The van der Waals surface area contributed by atoms with Crippen LogP contribution in [0.3, 0.4) is 0 Å². The zero-order valence-corrected chi connectivity index (χ0v) is 12.9. The number of fused-ring (bicyclic) bond motifs is 1. The van der Waals surface area contributed by atoms with E-state index in [0.717, 1.165) is 35.4 Å². The summed E-state index contributed by atoms with van der Waals surface area (Å²) < 4.78 is 2.59. The third kappa shape index (κ3) is 2.30. The van der Waals surface area contributed by atoms with Gasteiger partial charge in [0.05, 0.1) is 29.6 Å². The minimum Gasteiger partial charge on any atom is -0.354 e. The average molecular weight is 309 g/mol. The zero-order valence-electron chi connectivity index (χ0n) is 12.1. The second kappa shape index (κ2) is 6.10. The van der Waals surface area contributed by atoms with E-state index in [1.54, 1.807) is 6.33 Å². The molecule has 5 nitrogen and oxygen atoms in total. The number of hydrogen-bond acceptors (Lipinski definition) is 3. The Balaban J connectivity index is 2.41. The predicted octanol–water partition coefficient (Wildman–Crippen LogP) is 3.53. The Morgan fingerprint density at radius 3 is 2.82 bits per heavy atom. The van der Waals surface area contributed by atoms with Gasteiger partial charge in [-0.1, -0.05) is 42.5 Å². The molecular weight excluding hydrogens is 294 g/mol. The summed E-state index contributed by atoms with van der Waals surface area (Å²) >= 11 is 5.39. The fraction of sp³-hybridized carbons (Fsp3) is 0.188. The largest absolute Gasteiger partial charge is 0.354 e. The molecule has 0 aliphatic heterocycles. The summed E-state index contributed by atoms with van der Waals surface area (Å²) in [6.07, 6.45) is 1.55. The Labute approximate surface area is 133 Å². The van der Waals surface area contributed by atoms with Gasteiger partial charge in [0.2, 0.25) is 5.69 Å². The number of benzene rings is 1. The normalized spacial score (nSPS) is 10.7. The second-order valence-electron chi connectivity index (χ2n) is 4.86. The number of nitrogens with one attached hydrogen (secondary N) is 2. The van der Waals surface area contributed by atoms with Crippen molar-refractivity contribution >= 4 is 28.9 Å². The second-order valence-corrected chi connectivity index (χ2v) is 5.25. The summed E-state index contributed by atoms with van der Waals surface area (Å²) in [5, 5.41) is 3.14. The van der Waals surface area contributed by atoms with Gasteiger partial charge >= 0.3 is 0 Å². The minimum absolute atomic E-state index is 0.511. The van der Waals surface area contributed by atoms with Gasteiger partial charge in [0, 0.05) is 13.1 Å². The van der Waals surface area contributed by atoms with E-state index in [1.165, 1.54) is 0 Å². The van der Waals surface area contributed by atoms with Gasteiger partial charge in [-0.05, 0) is 12.6 Å². The average Bonchev–Trinajstić information content (AvgIpc) is 2.88. The van der Waals surface area contributed by atoms with Crippen LogP contribution >= 0.6 is 12.2 Å². The maximum absolute atomic E-state index is 7.60. The van der Waals surface area contributed by atoms with E-state index in [2.05, 4.69) is 24.7 Å². The fourth-order valence-corrected chi connectivity index (χ4v) is 2.89. The Hall–Kier alpha value is -2.49. The predicted molar refractivity (Wildman–Crippen MR) is 90.5 cm³/mol. The Morgan fingerprint density at radius 2 is 2.14 bits per heavy atom. The van der Waals surface area contributed by atoms with Crippen LogP contribution in [0.25, 0.3) is 27.1 Å². The van der Waals surface area contributed by atoms with Crippen molar-refractivity contribution in [1.82, 2.24) is 19.9 Å². The van der Waals surface area contributed by atoms with Crippen LogP contribution in [0.15, 0.2) is 36.7 Å². The van der Waals surface area contributed by atoms with Gasteiger partial charge in [-0.15, -0.1) is 0 Å². The van der Waals surface area contributed by atoms with Crippen LogP contribution in [0.4, 0.5) is 5.69 Å². The Morgan fingerprint density at radius 1 is 1.36 bits per heavy atom. The number of rotatable bonds is 4. The van der Waals surface area contributed by atoms with Gasteiger partial charge in [-0.2, -0.15) is 0 Å². The van der Waals surface area contributed by atoms with Gasteiger partial charge < -0.3 is 14.9 Å². The number of aromatic nitrogens is 3. The third-order valence-electron chi connectivity index (χ3n) is 3.58. The molecule has 22 heavy (non-hydrogen) atoms. The van der Waals surface area contributed by atoms with Crippen molar-refractivity contribution in [3.05, 3.63) is 52.7 Å². The molecule has 0 bridgehead atoms. The lowest BCUT2D eigenvalue weighted by Crippen LogP contribution is -2.15. The lowest BCUT2D eigenvalue weighted by molar-refractivity contribution is 0.666. The van der Waals surface area contributed by atoms with Gasteiger partial charge in [-0.3, -0.25) is 0 Å². The highest BCUT2D eigenvalue weighted by Gasteiger charge is 2.20. The van der Waals surface area contributed by atoms with Crippen molar-refractivity contribution in [3.63, 3.8) is 0 Å². The number of aromatic amines is 1. The smallest absolute Gasteiger partial charge is 0.235 e. The first kappa shape index (κ1) is 14.4. The lowest BCUT2D eigenvalue weighted by Gasteiger charge is -2.11. The van der Waals surface area contributed by atoms with E-state index in [1.807, 2.05) is 37.4 Å². The maximum Gasteiger partial charge on any atom is 0.235 e. The molecule has 0 spiro atoms. The van der Waals surface area contributed by atoms with E-state index in [4.69, 9.17) is 18.8 Å². The molecular formula is C16H15N5S. The molecule has 3 rings (SSSR count). The molecule has 0 radical (unpaired) electrons. The topological polar surface area (TPSA) is 50.0 Å². The van der Waals surface area contributed by atoms with Crippen LogP contribution in [0.5, 0.6) is 0 Å². The van der Waals surface area contributed by atoms with E-state index < -0.39 is 0 Å². The van der Waals surface area contributed by atoms with Crippen LogP contribution in [0, 0.1) is 11.2 Å². The first-order valence-electron chi connectivity index (χ1n) is 6.95. The summed E-state index contributed by atoms with van der Waals surface area (Å²) in [7, 11) is 1.91. The Kier molecular flexibility index (Phi) is 4.00. The van der Waals surface area contributed by atoms with Crippen LogP contribution in [0.1, 0.15) is 0 Å². The molecule has 2 N–H and O–H groups in total. The summed E-state index contributed by atoms with van der Waals surface area (Å²) in [6, 6.07) is 9.93. The molecule has 2 aromatic heterocycles. The number of likely N-dealkylation sites (N-methyl/N-ethyl adjacent to an activating group) is 1. The van der Waals surface area contributed by atoms with Crippen LogP contribution < -0.4 is 5.32 Å². The van der Waals surface area contributed by atoms with Gasteiger partial charge in [0.25, 0.3) is 0 Å². The summed E-state index contributed by atoms with van der Waals surface area (Å²) in [6.45, 7) is 9.10. The zero-order chi connectivity index (χ0) is 15.5.